The summed E-state index contributed by atoms with van der Waals surface area (Å²) in [5, 5.41) is 3.27. The molecular formula is C19H25NO. The lowest BCUT2D eigenvalue weighted by Gasteiger charge is -2.17. The summed E-state index contributed by atoms with van der Waals surface area (Å²) in [4.78, 5) is 0. The minimum Gasteiger partial charge on any atom is -0.376 e. The molecule has 2 heteroatoms. The lowest BCUT2D eigenvalue weighted by atomic mass is 9.99. The molecule has 2 aromatic carbocycles. The smallest absolute Gasteiger partial charge is 0.0717 e. The van der Waals surface area contributed by atoms with Gasteiger partial charge in [-0.05, 0) is 37.4 Å². The molecule has 0 aliphatic heterocycles. The molecule has 0 aliphatic rings. The van der Waals surface area contributed by atoms with E-state index >= 15 is 0 Å². The quantitative estimate of drug-likeness (QED) is 0.799. The summed E-state index contributed by atoms with van der Waals surface area (Å²) in [6.45, 7) is 4.57. The molecule has 0 amide bonds. The van der Waals surface area contributed by atoms with Crippen molar-refractivity contribution in [1.29, 1.82) is 0 Å². The second kappa shape index (κ2) is 8.60. The summed E-state index contributed by atoms with van der Waals surface area (Å²) in [6.07, 6.45) is 1.05. The summed E-state index contributed by atoms with van der Waals surface area (Å²) in [5.41, 5.74) is 3.92. The van der Waals surface area contributed by atoms with Crippen molar-refractivity contribution in [2.45, 2.75) is 20.0 Å². The maximum atomic E-state index is 5.89. The molecule has 112 valence electrons. The van der Waals surface area contributed by atoms with Gasteiger partial charge in [0.2, 0.25) is 0 Å². The van der Waals surface area contributed by atoms with Crippen molar-refractivity contribution in [2.24, 2.45) is 5.92 Å². The first-order valence-corrected chi connectivity index (χ1v) is 7.59. The molecule has 0 saturated carbocycles. The fraction of sp³-hybridized carbons (Fsp3) is 0.368. The minimum absolute atomic E-state index is 0.501. The predicted octanol–water partition coefficient (Wildman–Crippen LogP) is 3.59. The number of nitrogens with one attached hydrogen (secondary N) is 1. The van der Waals surface area contributed by atoms with Gasteiger partial charge in [-0.1, -0.05) is 60.2 Å². The van der Waals surface area contributed by atoms with Gasteiger partial charge in [0.1, 0.15) is 0 Å². The summed E-state index contributed by atoms with van der Waals surface area (Å²) in [5.74, 6) is 0.501. The molecule has 0 aliphatic carbocycles. The molecule has 2 rings (SSSR count). The van der Waals surface area contributed by atoms with E-state index < -0.39 is 0 Å². The third-order valence-corrected chi connectivity index (χ3v) is 3.60. The first-order valence-electron chi connectivity index (χ1n) is 7.59. The largest absolute Gasteiger partial charge is 0.376 e. The predicted molar refractivity (Wildman–Crippen MR) is 88.4 cm³/mol. The normalized spacial score (nSPS) is 12.3. The van der Waals surface area contributed by atoms with Gasteiger partial charge < -0.3 is 10.1 Å². The summed E-state index contributed by atoms with van der Waals surface area (Å²) < 4.78 is 5.89. The van der Waals surface area contributed by atoms with Crippen molar-refractivity contribution in [2.75, 3.05) is 20.2 Å². The first kappa shape index (κ1) is 15.7. The number of benzene rings is 2. The van der Waals surface area contributed by atoms with Gasteiger partial charge in [-0.2, -0.15) is 0 Å². The Morgan fingerprint density at radius 3 is 2.33 bits per heavy atom. The Balaban J connectivity index is 1.82. The summed E-state index contributed by atoms with van der Waals surface area (Å²) in [6, 6.07) is 19.1. The van der Waals surface area contributed by atoms with Crippen LogP contribution in [-0.4, -0.2) is 20.2 Å². The second-order valence-electron chi connectivity index (χ2n) is 5.61. The van der Waals surface area contributed by atoms with Crippen LogP contribution in [0.25, 0.3) is 0 Å². The van der Waals surface area contributed by atoms with Crippen LogP contribution in [0.2, 0.25) is 0 Å². The highest BCUT2D eigenvalue weighted by atomic mass is 16.5. The van der Waals surface area contributed by atoms with Crippen molar-refractivity contribution in [3.05, 3.63) is 71.3 Å². The zero-order valence-electron chi connectivity index (χ0n) is 13.0. The zero-order valence-corrected chi connectivity index (χ0v) is 13.0. The Labute approximate surface area is 128 Å². The molecule has 2 nitrogen and oxygen atoms in total. The van der Waals surface area contributed by atoms with Crippen LogP contribution in [0.15, 0.2) is 54.6 Å². The van der Waals surface area contributed by atoms with Crippen LogP contribution >= 0.6 is 0 Å². The molecule has 0 fully saturated rings. The van der Waals surface area contributed by atoms with Gasteiger partial charge in [-0.25, -0.2) is 0 Å². The van der Waals surface area contributed by atoms with E-state index in [-0.39, 0.29) is 0 Å². The molecule has 1 unspecified atom stereocenters. The van der Waals surface area contributed by atoms with Crippen LogP contribution in [0.1, 0.15) is 16.7 Å². The van der Waals surface area contributed by atoms with E-state index in [9.17, 15) is 0 Å². The highest BCUT2D eigenvalue weighted by Crippen LogP contribution is 2.11. The molecule has 0 spiro atoms. The number of rotatable bonds is 8. The van der Waals surface area contributed by atoms with Gasteiger partial charge in [-0.15, -0.1) is 0 Å². The molecule has 0 aromatic heterocycles. The van der Waals surface area contributed by atoms with Gasteiger partial charge in [0.05, 0.1) is 13.2 Å². The van der Waals surface area contributed by atoms with Crippen LogP contribution in [0.3, 0.4) is 0 Å². The number of hydrogen-bond acceptors (Lipinski definition) is 2. The summed E-state index contributed by atoms with van der Waals surface area (Å²) >= 11 is 0. The number of aryl methyl sites for hydroxylation is 1. The average Bonchev–Trinajstić information content (AvgIpc) is 2.51. The van der Waals surface area contributed by atoms with Gasteiger partial charge >= 0.3 is 0 Å². The molecule has 0 bridgehead atoms. The molecule has 21 heavy (non-hydrogen) atoms. The van der Waals surface area contributed by atoms with E-state index in [4.69, 9.17) is 4.74 Å². The lowest BCUT2D eigenvalue weighted by molar-refractivity contribution is 0.0871. The highest BCUT2D eigenvalue weighted by molar-refractivity contribution is 5.21. The summed E-state index contributed by atoms with van der Waals surface area (Å²) in [7, 11) is 2.00. The molecule has 1 atom stereocenters. The highest BCUT2D eigenvalue weighted by Gasteiger charge is 2.09. The Morgan fingerprint density at radius 2 is 1.67 bits per heavy atom. The van der Waals surface area contributed by atoms with E-state index in [0.717, 1.165) is 19.6 Å². The van der Waals surface area contributed by atoms with E-state index in [1.54, 1.807) is 0 Å². The van der Waals surface area contributed by atoms with Gasteiger partial charge in [-0.3, -0.25) is 0 Å². The van der Waals surface area contributed by atoms with Gasteiger partial charge in [0.15, 0.2) is 0 Å². The van der Waals surface area contributed by atoms with E-state index in [0.29, 0.717) is 12.5 Å². The molecule has 1 N–H and O–H groups in total. The fourth-order valence-electron chi connectivity index (χ4n) is 2.45. The average molecular weight is 283 g/mol. The third kappa shape index (κ3) is 5.70. The Kier molecular flexibility index (Phi) is 6.45. The first-order chi connectivity index (χ1) is 10.3. The van der Waals surface area contributed by atoms with Crippen molar-refractivity contribution in [3.63, 3.8) is 0 Å². The SMILES string of the molecule is CNCC(COCc1ccccc1)Cc1ccc(C)cc1. The lowest BCUT2D eigenvalue weighted by Crippen LogP contribution is -2.25. The van der Waals surface area contributed by atoms with Gasteiger partial charge in [0.25, 0.3) is 0 Å². The third-order valence-electron chi connectivity index (χ3n) is 3.60. The minimum atomic E-state index is 0.501. The molecule has 0 saturated heterocycles. The number of hydrogen-bond donors (Lipinski definition) is 1. The Hall–Kier alpha value is -1.64. The monoisotopic (exact) mass is 283 g/mol. The topological polar surface area (TPSA) is 21.3 Å². The van der Waals surface area contributed by atoms with Crippen LogP contribution < -0.4 is 5.32 Å². The number of ether oxygens (including phenoxy) is 1. The van der Waals surface area contributed by atoms with E-state index in [2.05, 4.69) is 60.8 Å². The maximum absolute atomic E-state index is 5.89. The molecule has 2 aromatic rings. The fourth-order valence-corrected chi connectivity index (χ4v) is 2.45. The Bertz CT molecular complexity index is 507. The molecule has 0 radical (unpaired) electrons. The maximum Gasteiger partial charge on any atom is 0.0717 e. The molecule has 0 heterocycles. The Morgan fingerprint density at radius 1 is 0.952 bits per heavy atom. The van der Waals surface area contributed by atoms with Crippen LogP contribution in [-0.2, 0) is 17.8 Å². The van der Waals surface area contributed by atoms with E-state index in [1.807, 2.05) is 13.1 Å². The van der Waals surface area contributed by atoms with Crippen LogP contribution in [0, 0.1) is 12.8 Å². The van der Waals surface area contributed by atoms with Crippen LogP contribution in [0.5, 0.6) is 0 Å². The molecular weight excluding hydrogens is 258 g/mol. The van der Waals surface area contributed by atoms with Crippen LogP contribution in [0.4, 0.5) is 0 Å². The van der Waals surface area contributed by atoms with Crippen molar-refractivity contribution < 1.29 is 4.74 Å². The standard InChI is InChI=1S/C19H25NO/c1-16-8-10-17(11-9-16)12-19(13-20-2)15-21-14-18-6-4-3-5-7-18/h3-11,19-20H,12-15H2,1-2H3. The zero-order chi connectivity index (χ0) is 14.9. The second-order valence-corrected chi connectivity index (χ2v) is 5.61. The van der Waals surface area contributed by atoms with Gasteiger partial charge in [0, 0.05) is 6.54 Å². The van der Waals surface area contributed by atoms with Crippen molar-refractivity contribution in [1.82, 2.24) is 5.32 Å². The van der Waals surface area contributed by atoms with Crippen molar-refractivity contribution >= 4 is 0 Å². The van der Waals surface area contributed by atoms with Crippen molar-refractivity contribution in [3.8, 4) is 0 Å². The van der Waals surface area contributed by atoms with E-state index in [1.165, 1.54) is 16.7 Å².